The maximum absolute atomic E-state index is 12.6. The number of hydrogen-bond acceptors (Lipinski definition) is 7. The van der Waals surface area contributed by atoms with Gasteiger partial charge in [0.1, 0.15) is 6.10 Å². The summed E-state index contributed by atoms with van der Waals surface area (Å²) in [5.41, 5.74) is 1.03. The van der Waals surface area contributed by atoms with E-state index in [1.165, 1.54) is 12.1 Å². The van der Waals surface area contributed by atoms with Crippen LogP contribution in [0.2, 0.25) is 0 Å². The number of nitro benzene ring substituents is 1. The van der Waals surface area contributed by atoms with Crippen molar-refractivity contribution in [2.45, 2.75) is 50.7 Å². The lowest BCUT2D eigenvalue weighted by Gasteiger charge is -2.41. The van der Waals surface area contributed by atoms with Gasteiger partial charge in [-0.1, -0.05) is 23.5 Å². The number of hydrogen-bond donors (Lipinski definition) is 0. The Bertz CT molecular complexity index is 858. The van der Waals surface area contributed by atoms with E-state index in [1.54, 1.807) is 29.7 Å². The van der Waals surface area contributed by atoms with E-state index in [9.17, 15) is 14.9 Å². The second kappa shape index (κ2) is 10.2. The Hall–Kier alpha value is -2.52. The molecule has 3 heterocycles. The van der Waals surface area contributed by atoms with E-state index in [1.807, 2.05) is 10.3 Å². The molecule has 166 valence electrons. The molecule has 0 N–H and O–H groups in total. The van der Waals surface area contributed by atoms with Crippen LogP contribution in [0.3, 0.4) is 0 Å². The highest BCUT2D eigenvalue weighted by atomic mass is 32.1. The van der Waals surface area contributed by atoms with Crippen LogP contribution in [0.15, 0.2) is 35.8 Å². The summed E-state index contributed by atoms with van der Waals surface area (Å²) in [4.78, 5) is 31.7. The third-order valence-corrected chi connectivity index (χ3v) is 6.92. The molecule has 31 heavy (non-hydrogen) atoms. The van der Waals surface area contributed by atoms with Crippen molar-refractivity contribution in [1.29, 1.82) is 0 Å². The molecule has 0 bridgehead atoms. The Kier molecular flexibility index (Phi) is 7.14. The summed E-state index contributed by atoms with van der Waals surface area (Å²) in [5.74, 6) is 0.173. The third kappa shape index (κ3) is 5.80. The highest BCUT2D eigenvalue weighted by Crippen LogP contribution is 2.25. The molecule has 1 aromatic carbocycles. The number of amides is 1. The van der Waals surface area contributed by atoms with Gasteiger partial charge in [0, 0.05) is 62.4 Å². The van der Waals surface area contributed by atoms with Gasteiger partial charge in [-0.15, -0.1) is 0 Å². The van der Waals surface area contributed by atoms with Crippen molar-refractivity contribution in [3.63, 3.8) is 0 Å². The maximum Gasteiger partial charge on any atom is 0.273 e. The molecule has 2 aliphatic rings. The number of carbonyl (C=O) groups excluding carboxylic acids is 1. The molecule has 0 unspecified atom stereocenters. The van der Waals surface area contributed by atoms with E-state index in [0.29, 0.717) is 18.9 Å². The van der Waals surface area contributed by atoms with E-state index in [0.717, 1.165) is 62.6 Å². The Morgan fingerprint density at radius 2 is 1.84 bits per heavy atom. The number of piperidine rings is 2. The topological polar surface area (TPSA) is 88.8 Å². The molecule has 1 aromatic heterocycles. The van der Waals surface area contributed by atoms with Crippen LogP contribution in [0, 0.1) is 10.1 Å². The summed E-state index contributed by atoms with van der Waals surface area (Å²) >= 11 is 1.54. The van der Waals surface area contributed by atoms with Gasteiger partial charge in [0.2, 0.25) is 5.91 Å². The van der Waals surface area contributed by atoms with Crippen molar-refractivity contribution in [2.24, 2.45) is 0 Å². The minimum Gasteiger partial charge on any atom is -0.467 e. The second-order valence-electron chi connectivity index (χ2n) is 8.19. The predicted molar refractivity (Wildman–Crippen MR) is 118 cm³/mol. The molecule has 2 fully saturated rings. The normalized spacial score (nSPS) is 18.8. The van der Waals surface area contributed by atoms with Crippen LogP contribution in [-0.4, -0.2) is 63.9 Å². The zero-order valence-electron chi connectivity index (χ0n) is 17.5. The van der Waals surface area contributed by atoms with E-state index in [2.05, 4.69) is 9.88 Å². The zero-order valence-corrected chi connectivity index (χ0v) is 18.3. The molecule has 0 saturated carbocycles. The van der Waals surface area contributed by atoms with Crippen molar-refractivity contribution in [3.8, 4) is 5.19 Å². The van der Waals surface area contributed by atoms with Gasteiger partial charge in [-0.2, -0.15) is 0 Å². The fraction of sp³-hybridized carbons (Fsp3) is 0.545. The monoisotopic (exact) mass is 444 g/mol. The molecule has 4 rings (SSSR count). The SMILES string of the molecule is O=C(CCc1ccc([N+](=O)[O-])cc1)N1CCC(N2CCC(Oc3nccs3)CC2)CC1. The van der Waals surface area contributed by atoms with Crippen LogP contribution in [0.25, 0.3) is 0 Å². The number of carbonyl (C=O) groups is 1. The van der Waals surface area contributed by atoms with Gasteiger partial charge < -0.3 is 9.64 Å². The van der Waals surface area contributed by atoms with Crippen molar-refractivity contribution < 1.29 is 14.5 Å². The number of nitro groups is 1. The molecule has 0 atom stereocenters. The van der Waals surface area contributed by atoms with E-state index >= 15 is 0 Å². The van der Waals surface area contributed by atoms with Gasteiger partial charge in [0.15, 0.2) is 0 Å². The van der Waals surface area contributed by atoms with Gasteiger partial charge in [-0.25, -0.2) is 4.98 Å². The lowest BCUT2D eigenvalue weighted by atomic mass is 9.98. The van der Waals surface area contributed by atoms with Gasteiger partial charge in [0.05, 0.1) is 4.92 Å². The van der Waals surface area contributed by atoms with Crippen LogP contribution in [-0.2, 0) is 11.2 Å². The molecule has 2 aromatic rings. The average Bonchev–Trinajstić information content (AvgIpc) is 3.31. The minimum atomic E-state index is -0.407. The number of aromatic nitrogens is 1. The molecule has 0 radical (unpaired) electrons. The first-order chi connectivity index (χ1) is 15.1. The number of benzene rings is 1. The molecule has 8 nitrogen and oxygen atoms in total. The number of thiazole rings is 1. The van der Waals surface area contributed by atoms with Gasteiger partial charge in [-0.05, 0) is 37.7 Å². The second-order valence-corrected chi connectivity index (χ2v) is 9.04. The first-order valence-electron chi connectivity index (χ1n) is 10.9. The highest BCUT2D eigenvalue weighted by Gasteiger charge is 2.30. The first kappa shape index (κ1) is 21.7. The number of aryl methyl sites for hydroxylation is 1. The quantitative estimate of drug-likeness (QED) is 0.480. The summed E-state index contributed by atoms with van der Waals surface area (Å²) < 4.78 is 5.96. The van der Waals surface area contributed by atoms with Gasteiger partial charge in [-0.3, -0.25) is 19.8 Å². The summed E-state index contributed by atoms with van der Waals surface area (Å²) in [5, 5.41) is 13.4. The predicted octanol–water partition coefficient (Wildman–Crippen LogP) is 3.52. The Labute approximate surface area is 186 Å². The number of nitrogens with zero attached hydrogens (tertiary/aromatic N) is 4. The summed E-state index contributed by atoms with van der Waals surface area (Å²) in [6.07, 6.45) is 7.16. The lowest BCUT2D eigenvalue weighted by Crippen LogP contribution is -2.50. The van der Waals surface area contributed by atoms with Gasteiger partial charge in [0.25, 0.3) is 10.9 Å². The van der Waals surface area contributed by atoms with Gasteiger partial charge >= 0.3 is 0 Å². The van der Waals surface area contributed by atoms with Crippen LogP contribution in [0.1, 0.15) is 37.7 Å². The number of likely N-dealkylation sites (tertiary alicyclic amines) is 2. The third-order valence-electron chi connectivity index (χ3n) is 6.26. The number of rotatable bonds is 7. The zero-order chi connectivity index (χ0) is 21.6. The maximum atomic E-state index is 12.6. The first-order valence-corrected chi connectivity index (χ1v) is 11.8. The fourth-order valence-electron chi connectivity index (χ4n) is 4.44. The van der Waals surface area contributed by atoms with E-state index in [4.69, 9.17) is 4.74 Å². The summed E-state index contributed by atoms with van der Waals surface area (Å²) in [6, 6.07) is 7.01. The van der Waals surface area contributed by atoms with Crippen LogP contribution in [0.4, 0.5) is 5.69 Å². The molecule has 0 spiro atoms. The molecule has 2 aliphatic heterocycles. The van der Waals surface area contributed by atoms with Crippen molar-refractivity contribution in [3.05, 3.63) is 51.5 Å². The van der Waals surface area contributed by atoms with Crippen LogP contribution in [0.5, 0.6) is 5.19 Å². The molecular weight excluding hydrogens is 416 g/mol. The van der Waals surface area contributed by atoms with Crippen molar-refractivity contribution >= 4 is 22.9 Å². The number of non-ortho nitro benzene ring substituents is 1. The Balaban J connectivity index is 1.16. The molecule has 0 aliphatic carbocycles. The summed E-state index contributed by atoms with van der Waals surface area (Å²) in [6.45, 7) is 3.68. The Morgan fingerprint density at radius 3 is 2.45 bits per heavy atom. The smallest absolute Gasteiger partial charge is 0.273 e. The molecule has 2 saturated heterocycles. The van der Waals surface area contributed by atoms with Crippen LogP contribution < -0.4 is 4.74 Å². The Morgan fingerprint density at radius 1 is 1.13 bits per heavy atom. The van der Waals surface area contributed by atoms with E-state index in [-0.39, 0.29) is 17.7 Å². The molecule has 1 amide bonds. The molecular formula is C22H28N4O4S. The number of ether oxygens (including phenoxy) is 1. The standard InChI is InChI=1S/C22H28N4O4S/c27-21(6-3-17-1-4-19(5-2-17)26(28)29)25-12-7-18(8-13-25)24-14-9-20(10-15-24)30-22-23-11-16-31-22/h1-2,4-5,11,16,18,20H,3,6-10,12-15H2. The largest absolute Gasteiger partial charge is 0.467 e. The van der Waals surface area contributed by atoms with Crippen molar-refractivity contribution in [1.82, 2.24) is 14.8 Å². The van der Waals surface area contributed by atoms with E-state index < -0.39 is 4.92 Å². The highest BCUT2D eigenvalue weighted by molar-refractivity contribution is 7.11. The van der Waals surface area contributed by atoms with Crippen molar-refractivity contribution in [2.75, 3.05) is 26.2 Å². The van der Waals surface area contributed by atoms with Crippen LogP contribution >= 0.6 is 11.3 Å². The molecule has 9 heteroatoms. The summed E-state index contributed by atoms with van der Waals surface area (Å²) in [7, 11) is 0. The fourth-order valence-corrected chi connectivity index (χ4v) is 5.00. The minimum absolute atomic E-state index is 0.0796. The average molecular weight is 445 g/mol. The lowest BCUT2D eigenvalue weighted by molar-refractivity contribution is -0.384.